The van der Waals surface area contributed by atoms with Crippen molar-refractivity contribution < 1.29 is 17.9 Å². The minimum Gasteiger partial charge on any atom is -0.497 e. The van der Waals surface area contributed by atoms with Crippen LogP contribution in [0.3, 0.4) is 0 Å². The van der Waals surface area contributed by atoms with E-state index in [1.807, 2.05) is 0 Å². The molecule has 0 atom stereocenters. The lowest BCUT2D eigenvalue weighted by atomic mass is 10.2. The van der Waals surface area contributed by atoms with Crippen LogP contribution in [0.2, 0.25) is 0 Å². The average molecular weight is 219 g/mol. The van der Waals surface area contributed by atoms with Crippen molar-refractivity contribution in [3.63, 3.8) is 0 Å². The van der Waals surface area contributed by atoms with Gasteiger partial charge in [0.15, 0.2) is 0 Å². The van der Waals surface area contributed by atoms with E-state index >= 15 is 0 Å². The van der Waals surface area contributed by atoms with Gasteiger partial charge in [0, 0.05) is 18.2 Å². The molecule has 1 aromatic rings. The second kappa shape index (κ2) is 5.60. The van der Waals surface area contributed by atoms with E-state index in [4.69, 9.17) is 4.74 Å². The largest absolute Gasteiger partial charge is 0.497 e. The van der Waals surface area contributed by atoms with Crippen LogP contribution in [0.1, 0.15) is 5.56 Å². The van der Waals surface area contributed by atoms with Crippen LogP contribution in [0.15, 0.2) is 18.2 Å². The van der Waals surface area contributed by atoms with Crippen LogP contribution in [-0.4, -0.2) is 20.1 Å². The molecule has 1 N–H and O–H groups in total. The Bertz CT molecular complexity index is 318. The molecule has 0 amide bonds. The Kier molecular flexibility index (Phi) is 4.42. The highest BCUT2D eigenvalue weighted by molar-refractivity contribution is 5.28. The van der Waals surface area contributed by atoms with Gasteiger partial charge >= 0.3 is 0 Å². The van der Waals surface area contributed by atoms with Crippen molar-refractivity contribution in [2.75, 3.05) is 13.7 Å². The minimum absolute atomic E-state index is 0.0835. The summed E-state index contributed by atoms with van der Waals surface area (Å²) in [6.45, 7) is -0.356. The number of halogens is 3. The molecule has 84 valence electrons. The number of nitrogens with one attached hydrogen (secondary N) is 1. The van der Waals surface area contributed by atoms with Gasteiger partial charge in [-0.05, 0) is 6.07 Å². The first-order valence-corrected chi connectivity index (χ1v) is 4.44. The first kappa shape index (κ1) is 11.8. The predicted octanol–water partition coefficient (Wildman–Crippen LogP) is 2.19. The highest BCUT2D eigenvalue weighted by atomic mass is 19.3. The molecule has 0 unspecified atom stereocenters. The zero-order valence-corrected chi connectivity index (χ0v) is 8.27. The smallest absolute Gasteiger partial charge is 0.250 e. The first-order valence-electron chi connectivity index (χ1n) is 4.44. The molecule has 0 aromatic heterocycles. The lowest BCUT2D eigenvalue weighted by Crippen LogP contribution is -2.21. The van der Waals surface area contributed by atoms with Crippen molar-refractivity contribution in [3.05, 3.63) is 29.6 Å². The van der Waals surface area contributed by atoms with E-state index in [2.05, 4.69) is 5.32 Å². The van der Waals surface area contributed by atoms with Gasteiger partial charge in [0.25, 0.3) is 6.43 Å². The SMILES string of the molecule is COc1ccc(CNCC(F)F)c(F)c1. The molecule has 1 rings (SSSR count). The molecule has 0 aliphatic rings. The summed E-state index contributed by atoms with van der Waals surface area (Å²) in [6.07, 6.45) is -2.42. The Labute approximate surface area is 86.1 Å². The summed E-state index contributed by atoms with van der Waals surface area (Å²) in [7, 11) is 1.43. The number of rotatable bonds is 5. The van der Waals surface area contributed by atoms with Gasteiger partial charge in [-0.15, -0.1) is 0 Å². The standard InChI is InChI=1S/C10H12F3NO/c1-15-8-3-2-7(9(11)4-8)5-14-6-10(12)13/h2-4,10,14H,5-6H2,1H3. The molecule has 1 aromatic carbocycles. The fourth-order valence-corrected chi connectivity index (χ4v) is 1.11. The van der Waals surface area contributed by atoms with Crippen LogP contribution in [0.4, 0.5) is 13.2 Å². The van der Waals surface area contributed by atoms with E-state index in [0.29, 0.717) is 11.3 Å². The van der Waals surface area contributed by atoms with Gasteiger partial charge in [0.05, 0.1) is 13.7 Å². The summed E-state index contributed by atoms with van der Waals surface area (Å²) < 4.78 is 41.6. The third kappa shape index (κ3) is 3.79. The van der Waals surface area contributed by atoms with Gasteiger partial charge in [-0.25, -0.2) is 13.2 Å². The third-order valence-electron chi connectivity index (χ3n) is 1.87. The molecular weight excluding hydrogens is 207 g/mol. The van der Waals surface area contributed by atoms with Gasteiger partial charge in [0.1, 0.15) is 11.6 Å². The molecule has 0 bridgehead atoms. The fourth-order valence-electron chi connectivity index (χ4n) is 1.11. The van der Waals surface area contributed by atoms with Gasteiger partial charge in [-0.1, -0.05) is 6.07 Å². The van der Waals surface area contributed by atoms with Crippen LogP contribution < -0.4 is 10.1 Å². The fraction of sp³-hybridized carbons (Fsp3) is 0.400. The molecule has 0 radical (unpaired) electrons. The zero-order chi connectivity index (χ0) is 11.3. The molecule has 15 heavy (non-hydrogen) atoms. The summed E-state index contributed by atoms with van der Waals surface area (Å²) in [5.41, 5.74) is 0.344. The second-order valence-corrected chi connectivity index (χ2v) is 2.98. The Morgan fingerprint density at radius 1 is 1.40 bits per heavy atom. The maximum atomic E-state index is 13.3. The number of hydrogen-bond donors (Lipinski definition) is 1. The van der Waals surface area contributed by atoms with Gasteiger partial charge < -0.3 is 10.1 Å². The lowest BCUT2D eigenvalue weighted by Gasteiger charge is -2.06. The highest BCUT2D eigenvalue weighted by Crippen LogP contribution is 2.15. The maximum absolute atomic E-state index is 13.3. The summed E-state index contributed by atoms with van der Waals surface area (Å²) in [6, 6.07) is 4.31. The van der Waals surface area contributed by atoms with Crippen LogP contribution >= 0.6 is 0 Å². The van der Waals surface area contributed by atoms with Crippen LogP contribution in [0.5, 0.6) is 5.75 Å². The minimum atomic E-state index is -2.42. The number of alkyl halides is 2. The Morgan fingerprint density at radius 2 is 2.13 bits per heavy atom. The second-order valence-electron chi connectivity index (χ2n) is 2.98. The molecular formula is C10H12F3NO. The summed E-state index contributed by atoms with van der Waals surface area (Å²) in [5, 5.41) is 2.45. The Hall–Kier alpha value is -1.23. The van der Waals surface area contributed by atoms with Gasteiger partial charge in [-0.2, -0.15) is 0 Å². The third-order valence-corrected chi connectivity index (χ3v) is 1.87. The maximum Gasteiger partial charge on any atom is 0.250 e. The zero-order valence-electron chi connectivity index (χ0n) is 8.27. The number of ether oxygens (including phenoxy) is 1. The van der Waals surface area contributed by atoms with E-state index < -0.39 is 18.8 Å². The van der Waals surface area contributed by atoms with Crippen molar-refractivity contribution in [2.24, 2.45) is 0 Å². The van der Waals surface area contributed by atoms with E-state index in [1.165, 1.54) is 19.2 Å². The molecule has 0 aliphatic heterocycles. The Balaban J connectivity index is 2.54. The number of hydrogen-bond acceptors (Lipinski definition) is 2. The van der Waals surface area contributed by atoms with E-state index in [1.54, 1.807) is 6.07 Å². The highest BCUT2D eigenvalue weighted by Gasteiger charge is 2.05. The van der Waals surface area contributed by atoms with Crippen LogP contribution in [0.25, 0.3) is 0 Å². The van der Waals surface area contributed by atoms with Gasteiger partial charge in [0.2, 0.25) is 0 Å². The average Bonchev–Trinajstić information content (AvgIpc) is 2.20. The Morgan fingerprint density at radius 3 is 2.67 bits per heavy atom. The summed E-state index contributed by atoms with van der Waals surface area (Å²) >= 11 is 0. The van der Waals surface area contributed by atoms with Crippen molar-refractivity contribution in [1.82, 2.24) is 5.32 Å². The molecule has 0 aliphatic carbocycles. The van der Waals surface area contributed by atoms with Gasteiger partial charge in [-0.3, -0.25) is 0 Å². The molecule has 0 saturated carbocycles. The van der Waals surface area contributed by atoms with Crippen molar-refractivity contribution >= 4 is 0 Å². The first-order chi connectivity index (χ1) is 7.13. The summed E-state index contributed by atoms with van der Waals surface area (Å²) in [5.74, 6) is -0.0544. The van der Waals surface area contributed by atoms with Crippen LogP contribution in [0, 0.1) is 5.82 Å². The molecule has 2 nitrogen and oxygen atoms in total. The predicted molar refractivity (Wildman–Crippen MR) is 50.7 cm³/mol. The monoisotopic (exact) mass is 219 g/mol. The van der Waals surface area contributed by atoms with Crippen molar-refractivity contribution in [1.29, 1.82) is 0 Å². The van der Waals surface area contributed by atoms with Crippen molar-refractivity contribution in [3.8, 4) is 5.75 Å². The number of methoxy groups -OCH3 is 1. The molecule has 0 saturated heterocycles. The molecule has 0 fully saturated rings. The molecule has 5 heteroatoms. The van der Waals surface area contributed by atoms with E-state index in [-0.39, 0.29) is 6.54 Å². The van der Waals surface area contributed by atoms with Crippen LogP contribution in [-0.2, 0) is 6.54 Å². The van der Waals surface area contributed by atoms with E-state index in [9.17, 15) is 13.2 Å². The molecule has 0 spiro atoms. The topological polar surface area (TPSA) is 21.3 Å². The molecule has 0 heterocycles. The van der Waals surface area contributed by atoms with E-state index in [0.717, 1.165) is 0 Å². The normalized spacial score (nSPS) is 10.7. The quantitative estimate of drug-likeness (QED) is 0.819. The number of benzene rings is 1. The lowest BCUT2D eigenvalue weighted by molar-refractivity contribution is 0.145. The van der Waals surface area contributed by atoms with Crippen molar-refractivity contribution in [2.45, 2.75) is 13.0 Å². The summed E-state index contributed by atoms with van der Waals surface area (Å²) in [4.78, 5) is 0.